The molecule has 0 heterocycles. The third-order valence-electron chi connectivity index (χ3n) is 6.08. The number of hydrogen-bond donors (Lipinski definition) is 3. The third kappa shape index (κ3) is 5.32. The first-order chi connectivity index (χ1) is 16.9. The Bertz CT molecular complexity index is 1230. The molecule has 3 aromatic carbocycles. The summed E-state index contributed by atoms with van der Waals surface area (Å²) >= 11 is 0. The quantitative estimate of drug-likeness (QED) is 0.416. The van der Waals surface area contributed by atoms with E-state index in [0.717, 1.165) is 40.5 Å². The highest BCUT2D eigenvalue weighted by Crippen LogP contribution is 2.44. The summed E-state index contributed by atoms with van der Waals surface area (Å²) < 4.78 is 19.5. The Balaban J connectivity index is 1.34. The molecular weight excluding hydrogens is 451 g/mol. The number of fused-ring (bicyclic) bond motifs is 3. The van der Waals surface area contributed by atoms with Crippen LogP contribution in [0.4, 0.5) is 14.9 Å². The van der Waals surface area contributed by atoms with Gasteiger partial charge in [-0.25, -0.2) is 14.0 Å². The molecule has 3 aromatic rings. The average molecular weight is 477 g/mol. The Kier molecular flexibility index (Phi) is 7.10. The monoisotopic (exact) mass is 476 g/mol. The molecule has 1 aliphatic rings. The van der Waals surface area contributed by atoms with Crippen LogP contribution in [0.1, 0.15) is 47.2 Å². The van der Waals surface area contributed by atoms with Crippen molar-refractivity contribution in [1.29, 1.82) is 0 Å². The van der Waals surface area contributed by atoms with Crippen molar-refractivity contribution in [3.63, 3.8) is 0 Å². The van der Waals surface area contributed by atoms with Crippen LogP contribution in [0.3, 0.4) is 0 Å². The van der Waals surface area contributed by atoms with Gasteiger partial charge in [-0.2, -0.15) is 0 Å². The summed E-state index contributed by atoms with van der Waals surface area (Å²) in [7, 11) is 0. The van der Waals surface area contributed by atoms with Gasteiger partial charge in [-0.3, -0.25) is 4.79 Å². The van der Waals surface area contributed by atoms with Crippen LogP contribution in [-0.2, 0) is 9.53 Å². The maximum absolute atomic E-state index is 14.0. The molecule has 3 N–H and O–H groups in total. The number of nitrogens with one attached hydrogen (secondary N) is 2. The summed E-state index contributed by atoms with van der Waals surface area (Å²) in [6, 6.07) is 18.6. The van der Waals surface area contributed by atoms with Gasteiger partial charge >= 0.3 is 12.1 Å². The van der Waals surface area contributed by atoms with Crippen molar-refractivity contribution in [2.45, 2.75) is 31.7 Å². The van der Waals surface area contributed by atoms with Gasteiger partial charge in [0.25, 0.3) is 0 Å². The van der Waals surface area contributed by atoms with Crippen molar-refractivity contribution >= 4 is 23.7 Å². The number of ether oxygens (including phenoxy) is 1. The summed E-state index contributed by atoms with van der Waals surface area (Å²) in [6.07, 6.45) is -0.335. The number of rotatable bonds is 8. The second-order valence-electron chi connectivity index (χ2n) is 8.33. The largest absolute Gasteiger partial charge is 0.478 e. The molecule has 8 heteroatoms. The number of alkyl carbamates (subject to hydrolysis) is 1. The van der Waals surface area contributed by atoms with Gasteiger partial charge in [-0.1, -0.05) is 55.5 Å². The number of carboxylic acids is 1. The van der Waals surface area contributed by atoms with Crippen LogP contribution in [0.25, 0.3) is 11.1 Å². The van der Waals surface area contributed by atoms with Crippen LogP contribution in [0.5, 0.6) is 0 Å². The minimum absolute atomic E-state index is 0.0824. The molecule has 4 rings (SSSR count). The zero-order valence-corrected chi connectivity index (χ0v) is 19.1. The molecule has 0 saturated heterocycles. The number of carbonyl (C=O) groups excluding carboxylic acids is 2. The Morgan fingerprint density at radius 1 is 1.00 bits per heavy atom. The lowest BCUT2D eigenvalue weighted by atomic mass is 9.98. The van der Waals surface area contributed by atoms with Crippen molar-refractivity contribution in [1.82, 2.24) is 5.32 Å². The Labute approximate surface area is 201 Å². The number of amides is 2. The van der Waals surface area contributed by atoms with E-state index in [-0.39, 0.29) is 30.2 Å². The predicted octanol–water partition coefficient (Wildman–Crippen LogP) is 5.17. The highest BCUT2D eigenvalue weighted by molar-refractivity contribution is 5.94. The highest BCUT2D eigenvalue weighted by atomic mass is 19.1. The minimum Gasteiger partial charge on any atom is -0.478 e. The Morgan fingerprint density at radius 3 is 2.23 bits per heavy atom. The second kappa shape index (κ2) is 10.4. The first-order valence-corrected chi connectivity index (χ1v) is 11.3. The van der Waals surface area contributed by atoms with Gasteiger partial charge in [0.15, 0.2) is 0 Å². The van der Waals surface area contributed by atoms with Gasteiger partial charge in [-0.05, 0) is 46.9 Å². The smallest absolute Gasteiger partial charge is 0.407 e. The number of aromatic carboxylic acids is 1. The molecule has 0 aliphatic heterocycles. The summed E-state index contributed by atoms with van der Waals surface area (Å²) in [5, 5.41) is 14.1. The lowest BCUT2D eigenvalue weighted by Crippen LogP contribution is -2.38. The average Bonchev–Trinajstić information content (AvgIpc) is 3.17. The van der Waals surface area contributed by atoms with E-state index < -0.39 is 29.8 Å². The first kappa shape index (κ1) is 23.9. The number of hydrogen-bond acceptors (Lipinski definition) is 4. The molecule has 0 aromatic heterocycles. The molecular formula is C27H25FN2O5. The van der Waals surface area contributed by atoms with Crippen molar-refractivity contribution in [2.24, 2.45) is 0 Å². The summed E-state index contributed by atoms with van der Waals surface area (Å²) in [5.74, 6) is -2.62. The standard InChI is InChI=1S/C27H25FN2O5/c1-2-17(14-25(31)30-24-13-16(26(32)33)11-12-23(24)28)29-27(34)35-15-22-20-9-5-3-7-18(20)19-8-4-6-10-21(19)22/h3-13,17,22H,2,14-15H2,1H3,(H,29,34)(H,30,31)(H,32,33). The fourth-order valence-corrected chi connectivity index (χ4v) is 4.28. The molecule has 2 amide bonds. The van der Waals surface area contributed by atoms with Crippen LogP contribution in [-0.4, -0.2) is 35.7 Å². The Morgan fingerprint density at radius 2 is 1.63 bits per heavy atom. The molecule has 1 unspecified atom stereocenters. The summed E-state index contributed by atoms with van der Waals surface area (Å²) in [4.78, 5) is 36.0. The number of halogens is 1. The van der Waals surface area contributed by atoms with Crippen LogP contribution in [0, 0.1) is 5.82 Å². The van der Waals surface area contributed by atoms with Gasteiger partial charge in [0.05, 0.1) is 11.3 Å². The summed E-state index contributed by atoms with van der Waals surface area (Å²) in [5.41, 5.74) is 4.06. The lowest BCUT2D eigenvalue weighted by molar-refractivity contribution is -0.116. The van der Waals surface area contributed by atoms with Gasteiger partial charge < -0.3 is 20.5 Å². The topological polar surface area (TPSA) is 105 Å². The van der Waals surface area contributed by atoms with Gasteiger partial charge in [0, 0.05) is 18.4 Å². The number of carbonyl (C=O) groups is 3. The van der Waals surface area contributed by atoms with E-state index in [1.807, 2.05) is 36.4 Å². The van der Waals surface area contributed by atoms with Gasteiger partial charge in [-0.15, -0.1) is 0 Å². The van der Waals surface area contributed by atoms with Crippen LogP contribution < -0.4 is 10.6 Å². The normalized spacial score (nSPS) is 12.9. The molecule has 0 saturated carbocycles. The molecule has 35 heavy (non-hydrogen) atoms. The minimum atomic E-state index is -1.23. The van der Waals surface area contributed by atoms with Crippen molar-refractivity contribution in [3.05, 3.63) is 89.2 Å². The molecule has 0 bridgehead atoms. The van der Waals surface area contributed by atoms with Crippen LogP contribution in [0.15, 0.2) is 66.7 Å². The zero-order chi connectivity index (χ0) is 24.9. The number of anilines is 1. The second-order valence-corrected chi connectivity index (χ2v) is 8.33. The number of carboxylic acid groups (broad SMARTS) is 1. The molecule has 0 radical (unpaired) electrons. The van der Waals surface area contributed by atoms with Crippen molar-refractivity contribution in [3.8, 4) is 11.1 Å². The van der Waals surface area contributed by atoms with E-state index in [0.29, 0.717) is 6.42 Å². The molecule has 1 aliphatic carbocycles. The van der Waals surface area contributed by atoms with E-state index in [1.54, 1.807) is 6.92 Å². The molecule has 7 nitrogen and oxygen atoms in total. The van der Waals surface area contributed by atoms with E-state index in [4.69, 9.17) is 9.84 Å². The van der Waals surface area contributed by atoms with Crippen molar-refractivity contribution < 1.29 is 28.6 Å². The fourth-order valence-electron chi connectivity index (χ4n) is 4.28. The first-order valence-electron chi connectivity index (χ1n) is 11.3. The van der Waals surface area contributed by atoms with E-state index >= 15 is 0 Å². The zero-order valence-electron chi connectivity index (χ0n) is 19.1. The summed E-state index contributed by atoms with van der Waals surface area (Å²) in [6.45, 7) is 1.95. The third-order valence-corrected chi connectivity index (χ3v) is 6.08. The van der Waals surface area contributed by atoms with Gasteiger partial charge in [0.1, 0.15) is 12.4 Å². The predicted molar refractivity (Wildman–Crippen MR) is 129 cm³/mol. The Hall–Kier alpha value is -4.20. The molecule has 0 spiro atoms. The molecule has 1 atom stereocenters. The fraction of sp³-hybridized carbons (Fsp3) is 0.222. The van der Waals surface area contributed by atoms with Gasteiger partial charge in [0.2, 0.25) is 5.91 Å². The van der Waals surface area contributed by atoms with Crippen molar-refractivity contribution in [2.75, 3.05) is 11.9 Å². The van der Waals surface area contributed by atoms with Crippen LogP contribution in [0.2, 0.25) is 0 Å². The molecule has 0 fully saturated rings. The highest BCUT2D eigenvalue weighted by Gasteiger charge is 2.29. The van der Waals surface area contributed by atoms with Crippen LogP contribution >= 0.6 is 0 Å². The van der Waals surface area contributed by atoms with E-state index in [1.165, 1.54) is 0 Å². The lowest BCUT2D eigenvalue weighted by Gasteiger charge is -2.19. The SMILES string of the molecule is CCC(CC(=O)Nc1cc(C(=O)O)ccc1F)NC(=O)OCC1c2ccccc2-c2ccccc21. The number of benzene rings is 3. The maximum atomic E-state index is 14.0. The van der Waals surface area contributed by atoms with E-state index in [2.05, 4.69) is 22.8 Å². The van der Waals surface area contributed by atoms with E-state index in [9.17, 15) is 18.8 Å². The maximum Gasteiger partial charge on any atom is 0.407 e. The molecule has 180 valence electrons.